The van der Waals surface area contributed by atoms with Crippen LogP contribution in [0.5, 0.6) is 0 Å². The largest absolute Gasteiger partial charge is 0.396 e. The molecule has 0 unspecified atom stereocenters. The fourth-order valence-electron chi connectivity index (χ4n) is 0.992. The SMILES string of the molecule is Cc1nnc(SCCO)n1CCN. The molecule has 6 heteroatoms. The lowest BCUT2D eigenvalue weighted by Gasteiger charge is -2.04. The van der Waals surface area contributed by atoms with Crippen molar-refractivity contribution in [2.24, 2.45) is 5.73 Å². The average Bonchev–Trinajstić information content (AvgIpc) is 2.46. The van der Waals surface area contributed by atoms with Crippen molar-refractivity contribution in [3.63, 3.8) is 0 Å². The molecule has 74 valence electrons. The van der Waals surface area contributed by atoms with E-state index in [2.05, 4.69) is 10.2 Å². The summed E-state index contributed by atoms with van der Waals surface area (Å²) < 4.78 is 1.96. The first-order valence-electron chi connectivity index (χ1n) is 4.13. The van der Waals surface area contributed by atoms with Crippen LogP contribution in [-0.4, -0.2) is 38.8 Å². The number of hydrogen-bond acceptors (Lipinski definition) is 5. The maximum Gasteiger partial charge on any atom is 0.191 e. The van der Waals surface area contributed by atoms with Gasteiger partial charge in [0.15, 0.2) is 5.16 Å². The highest BCUT2D eigenvalue weighted by molar-refractivity contribution is 7.99. The van der Waals surface area contributed by atoms with E-state index in [1.165, 1.54) is 11.8 Å². The predicted octanol–water partition coefficient (Wildman–Crippen LogP) is -0.370. The van der Waals surface area contributed by atoms with Crippen LogP contribution in [0, 0.1) is 6.92 Å². The second-order valence-corrected chi connectivity index (χ2v) is 3.60. The highest BCUT2D eigenvalue weighted by atomic mass is 32.2. The van der Waals surface area contributed by atoms with E-state index < -0.39 is 0 Å². The monoisotopic (exact) mass is 202 g/mol. The van der Waals surface area contributed by atoms with Crippen molar-refractivity contribution >= 4 is 11.8 Å². The fraction of sp³-hybridized carbons (Fsp3) is 0.714. The Morgan fingerprint density at radius 1 is 1.54 bits per heavy atom. The first-order chi connectivity index (χ1) is 6.29. The Bertz CT molecular complexity index is 263. The van der Waals surface area contributed by atoms with Gasteiger partial charge in [-0.15, -0.1) is 10.2 Å². The summed E-state index contributed by atoms with van der Waals surface area (Å²) in [5.41, 5.74) is 5.45. The number of hydrogen-bond donors (Lipinski definition) is 2. The summed E-state index contributed by atoms with van der Waals surface area (Å²) in [5.74, 6) is 1.51. The van der Waals surface area contributed by atoms with Gasteiger partial charge in [0, 0.05) is 18.8 Å². The van der Waals surface area contributed by atoms with Crippen LogP contribution in [0.3, 0.4) is 0 Å². The van der Waals surface area contributed by atoms with Gasteiger partial charge in [0.2, 0.25) is 0 Å². The minimum absolute atomic E-state index is 0.152. The van der Waals surface area contributed by atoms with Crippen molar-refractivity contribution in [2.75, 3.05) is 18.9 Å². The zero-order chi connectivity index (χ0) is 9.68. The molecule has 3 N–H and O–H groups in total. The number of aromatic nitrogens is 3. The van der Waals surface area contributed by atoms with E-state index in [1.54, 1.807) is 0 Å². The van der Waals surface area contributed by atoms with Crippen molar-refractivity contribution < 1.29 is 5.11 Å². The molecule has 0 saturated heterocycles. The van der Waals surface area contributed by atoms with Crippen LogP contribution in [0.2, 0.25) is 0 Å². The molecule has 0 bridgehead atoms. The number of rotatable bonds is 5. The number of nitrogens with zero attached hydrogens (tertiary/aromatic N) is 3. The molecule has 0 aliphatic heterocycles. The highest BCUT2D eigenvalue weighted by Crippen LogP contribution is 2.15. The molecule has 1 heterocycles. The summed E-state index contributed by atoms with van der Waals surface area (Å²) in [6, 6.07) is 0. The molecule has 5 nitrogen and oxygen atoms in total. The Balaban J connectivity index is 2.68. The van der Waals surface area contributed by atoms with Gasteiger partial charge in [-0.05, 0) is 6.92 Å². The lowest BCUT2D eigenvalue weighted by Crippen LogP contribution is -2.12. The lowest BCUT2D eigenvalue weighted by molar-refractivity contribution is 0.322. The summed E-state index contributed by atoms with van der Waals surface area (Å²) in [4.78, 5) is 0. The third-order valence-electron chi connectivity index (χ3n) is 1.58. The molecule has 0 amide bonds. The Kier molecular flexibility index (Phi) is 4.20. The van der Waals surface area contributed by atoms with Gasteiger partial charge in [0.1, 0.15) is 5.82 Å². The number of thioether (sulfide) groups is 1. The van der Waals surface area contributed by atoms with Crippen LogP contribution >= 0.6 is 11.8 Å². The second kappa shape index (κ2) is 5.21. The molecule has 1 aromatic heterocycles. The van der Waals surface area contributed by atoms with Gasteiger partial charge in [-0.1, -0.05) is 11.8 Å². The summed E-state index contributed by atoms with van der Waals surface area (Å²) in [6.07, 6.45) is 0. The first-order valence-corrected chi connectivity index (χ1v) is 5.11. The zero-order valence-electron chi connectivity index (χ0n) is 7.60. The van der Waals surface area contributed by atoms with Crippen molar-refractivity contribution in [3.05, 3.63) is 5.82 Å². The van der Waals surface area contributed by atoms with Gasteiger partial charge in [0.05, 0.1) is 6.61 Å². The first kappa shape index (κ1) is 10.5. The van der Waals surface area contributed by atoms with Crippen molar-refractivity contribution in [1.82, 2.24) is 14.8 Å². The molecule has 0 saturated carbocycles. The quantitative estimate of drug-likeness (QED) is 0.637. The summed E-state index contributed by atoms with van der Waals surface area (Å²) >= 11 is 1.49. The van der Waals surface area contributed by atoms with Gasteiger partial charge in [-0.2, -0.15) is 0 Å². The number of aryl methyl sites for hydroxylation is 1. The van der Waals surface area contributed by atoms with E-state index in [1.807, 2.05) is 11.5 Å². The van der Waals surface area contributed by atoms with Crippen LogP contribution in [0.1, 0.15) is 5.82 Å². The maximum atomic E-state index is 8.65. The molecule has 0 spiro atoms. The predicted molar refractivity (Wildman–Crippen MR) is 51.6 cm³/mol. The normalized spacial score (nSPS) is 10.7. The molecule has 0 atom stereocenters. The minimum atomic E-state index is 0.152. The van der Waals surface area contributed by atoms with Crippen molar-refractivity contribution in [3.8, 4) is 0 Å². The Morgan fingerprint density at radius 2 is 2.31 bits per heavy atom. The molecular formula is C7H14N4OS. The Hall–Kier alpha value is -0.590. The van der Waals surface area contributed by atoms with E-state index in [0.717, 1.165) is 17.5 Å². The molecule has 0 fully saturated rings. The minimum Gasteiger partial charge on any atom is -0.396 e. The maximum absolute atomic E-state index is 8.65. The van der Waals surface area contributed by atoms with E-state index in [9.17, 15) is 0 Å². The van der Waals surface area contributed by atoms with Gasteiger partial charge >= 0.3 is 0 Å². The highest BCUT2D eigenvalue weighted by Gasteiger charge is 2.07. The molecule has 0 aliphatic rings. The molecule has 0 aromatic carbocycles. The standard InChI is InChI=1S/C7H14N4OS/c1-6-9-10-7(13-5-4-12)11(6)3-2-8/h12H,2-5,8H2,1H3. The van der Waals surface area contributed by atoms with Crippen LogP contribution < -0.4 is 5.73 Å². The van der Waals surface area contributed by atoms with Crippen LogP contribution in [0.25, 0.3) is 0 Å². The van der Waals surface area contributed by atoms with E-state index in [4.69, 9.17) is 10.8 Å². The molecule has 1 aromatic rings. The third-order valence-corrected chi connectivity index (χ3v) is 2.52. The van der Waals surface area contributed by atoms with E-state index in [-0.39, 0.29) is 6.61 Å². The molecule has 0 radical (unpaired) electrons. The van der Waals surface area contributed by atoms with Gasteiger partial charge in [-0.25, -0.2) is 0 Å². The van der Waals surface area contributed by atoms with Crippen molar-refractivity contribution in [1.29, 1.82) is 0 Å². The molecule has 13 heavy (non-hydrogen) atoms. The van der Waals surface area contributed by atoms with Crippen LogP contribution in [0.15, 0.2) is 5.16 Å². The van der Waals surface area contributed by atoms with Crippen LogP contribution in [-0.2, 0) is 6.54 Å². The lowest BCUT2D eigenvalue weighted by atomic mass is 10.6. The van der Waals surface area contributed by atoms with Crippen molar-refractivity contribution in [2.45, 2.75) is 18.6 Å². The van der Waals surface area contributed by atoms with Gasteiger partial charge in [0.25, 0.3) is 0 Å². The Morgan fingerprint density at radius 3 is 2.92 bits per heavy atom. The third kappa shape index (κ3) is 2.68. The van der Waals surface area contributed by atoms with Gasteiger partial charge < -0.3 is 15.4 Å². The van der Waals surface area contributed by atoms with E-state index >= 15 is 0 Å². The average molecular weight is 202 g/mol. The molecule has 1 rings (SSSR count). The topological polar surface area (TPSA) is 77.0 Å². The van der Waals surface area contributed by atoms with Crippen LogP contribution in [0.4, 0.5) is 0 Å². The Labute approximate surface area is 81.3 Å². The number of aliphatic hydroxyl groups excluding tert-OH is 1. The summed E-state index contributed by atoms with van der Waals surface area (Å²) in [5, 5.41) is 17.4. The number of aliphatic hydroxyl groups is 1. The van der Waals surface area contributed by atoms with Gasteiger partial charge in [-0.3, -0.25) is 0 Å². The molecular weight excluding hydrogens is 188 g/mol. The zero-order valence-corrected chi connectivity index (χ0v) is 8.42. The second-order valence-electron chi connectivity index (χ2n) is 2.54. The van der Waals surface area contributed by atoms with E-state index in [0.29, 0.717) is 12.3 Å². The summed E-state index contributed by atoms with van der Waals surface area (Å²) in [6.45, 7) is 3.35. The summed E-state index contributed by atoms with van der Waals surface area (Å²) in [7, 11) is 0. The molecule has 0 aliphatic carbocycles. The number of nitrogens with two attached hydrogens (primary N) is 1. The smallest absolute Gasteiger partial charge is 0.191 e. The fourth-order valence-corrected chi connectivity index (χ4v) is 1.74.